The number of benzene rings is 1. The molecule has 0 aliphatic carbocycles. The minimum Gasteiger partial charge on any atom is -0.481 e. The summed E-state index contributed by atoms with van der Waals surface area (Å²) >= 11 is 11.8. The van der Waals surface area contributed by atoms with Crippen LogP contribution in [0.1, 0.15) is 12.0 Å². The van der Waals surface area contributed by atoms with Gasteiger partial charge in [0.2, 0.25) is 0 Å². The normalized spacial score (nSPS) is 17.6. The molecule has 9 heteroatoms. The first-order valence-electron chi connectivity index (χ1n) is 6.27. The lowest BCUT2D eigenvalue weighted by atomic mass is 10.1. The van der Waals surface area contributed by atoms with E-state index in [1.54, 1.807) is 24.3 Å². The van der Waals surface area contributed by atoms with Gasteiger partial charge in [-0.15, -0.1) is 0 Å². The van der Waals surface area contributed by atoms with Crippen LogP contribution >= 0.6 is 35.6 Å². The topological polar surface area (TPSA) is 94.9 Å². The smallest absolute Gasteiger partial charge is 0.327 e. The second-order valence-electron chi connectivity index (χ2n) is 4.56. The Bertz CT molecular complexity index is 734. The van der Waals surface area contributed by atoms with Crippen molar-refractivity contribution >= 4 is 63.8 Å². The van der Waals surface area contributed by atoms with Gasteiger partial charge in [0.15, 0.2) is 0 Å². The van der Waals surface area contributed by atoms with Crippen LogP contribution in [0.5, 0.6) is 0 Å². The van der Waals surface area contributed by atoms with Crippen molar-refractivity contribution in [2.45, 2.75) is 12.5 Å². The Morgan fingerprint density at radius 3 is 2.65 bits per heavy atom. The first-order valence-corrected chi connectivity index (χ1v) is 7.87. The van der Waals surface area contributed by atoms with Crippen molar-refractivity contribution in [3.8, 4) is 0 Å². The third-order valence-corrected chi connectivity index (χ3v) is 4.50. The number of nitrogens with zero attached hydrogens (tertiary/aromatic N) is 1. The zero-order chi connectivity index (χ0) is 17.1. The lowest BCUT2D eigenvalue weighted by Crippen LogP contribution is -2.45. The summed E-state index contributed by atoms with van der Waals surface area (Å²) in [5, 5.41) is 18.5. The summed E-state index contributed by atoms with van der Waals surface area (Å²) < 4.78 is 0.0110. The zero-order valence-electron chi connectivity index (χ0n) is 11.4. The third-order valence-electron chi connectivity index (χ3n) is 2.93. The standard InChI is InChI=1S/C14H10ClNO5S2/c15-8-3-1-2-7(4-8)5-10-12(19)16(14(22)23-10)9(13(20)21)6-11(17)18/h1-5,9H,6H2,(H,17,18)(H,20,21)/b10-5-. The summed E-state index contributed by atoms with van der Waals surface area (Å²) in [6.07, 6.45) is 0.803. The predicted molar refractivity (Wildman–Crippen MR) is 90.1 cm³/mol. The van der Waals surface area contributed by atoms with Gasteiger partial charge in [-0.3, -0.25) is 14.5 Å². The fraction of sp³-hybridized carbons (Fsp3) is 0.143. The van der Waals surface area contributed by atoms with Crippen molar-refractivity contribution in [3.05, 3.63) is 39.8 Å². The molecule has 6 nitrogen and oxygen atoms in total. The van der Waals surface area contributed by atoms with Gasteiger partial charge in [0.05, 0.1) is 11.3 Å². The van der Waals surface area contributed by atoms with Gasteiger partial charge in [0, 0.05) is 5.02 Å². The molecule has 0 spiro atoms. The number of carbonyl (C=O) groups excluding carboxylic acids is 1. The summed E-state index contributed by atoms with van der Waals surface area (Å²) in [7, 11) is 0. The molecule has 1 saturated heterocycles. The Hall–Kier alpha value is -1.90. The van der Waals surface area contributed by atoms with Crippen LogP contribution in [-0.4, -0.2) is 43.3 Å². The number of aliphatic carboxylic acids is 2. The molecule has 1 fully saturated rings. The van der Waals surface area contributed by atoms with Crippen molar-refractivity contribution < 1.29 is 24.6 Å². The van der Waals surface area contributed by atoms with Crippen LogP contribution in [0.4, 0.5) is 0 Å². The molecular weight excluding hydrogens is 362 g/mol. The Morgan fingerprint density at radius 1 is 1.39 bits per heavy atom. The van der Waals surface area contributed by atoms with E-state index in [0.717, 1.165) is 16.7 Å². The van der Waals surface area contributed by atoms with Gasteiger partial charge in [0.25, 0.3) is 5.91 Å². The maximum atomic E-state index is 12.4. The van der Waals surface area contributed by atoms with Gasteiger partial charge in [-0.25, -0.2) is 4.79 Å². The highest BCUT2D eigenvalue weighted by atomic mass is 35.5. The number of carbonyl (C=O) groups is 3. The monoisotopic (exact) mass is 371 g/mol. The highest BCUT2D eigenvalue weighted by Gasteiger charge is 2.41. The minimum atomic E-state index is -1.54. The Labute approximate surface area is 145 Å². The molecule has 1 aliphatic rings. The SMILES string of the molecule is O=C(O)CC(C(=O)O)N1C(=O)/C(=C/c2cccc(Cl)c2)SC1=S. The minimum absolute atomic E-state index is 0.0110. The summed E-state index contributed by atoms with van der Waals surface area (Å²) in [5.41, 5.74) is 0.656. The first kappa shape index (κ1) is 17.5. The molecule has 2 rings (SSSR count). The number of hydrogen-bond acceptors (Lipinski definition) is 5. The van der Waals surface area contributed by atoms with Crippen LogP contribution in [0.15, 0.2) is 29.2 Å². The van der Waals surface area contributed by atoms with E-state index < -0.39 is 30.3 Å². The number of thiocarbonyl (C=S) groups is 1. The molecule has 0 aromatic heterocycles. The molecule has 2 N–H and O–H groups in total. The number of amides is 1. The van der Waals surface area contributed by atoms with E-state index in [0.29, 0.717) is 10.6 Å². The van der Waals surface area contributed by atoms with Gasteiger partial charge < -0.3 is 10.2 Å². The summed E-state index contributed by atoms with van der Waals surface area (Å²) in [4.78, 5) is 35.5. The van der Waals surface area contributed by atoms with Gasteiger partial charge in [-0.2, -0.15) is 0 Å². The van der Waals surface area contributed by atoms with E-state index in [4.69, 9.17) is 34.0 Å². The Morgan fingerprint density at radius 2 is 2.09 bits per heavy atom. The maximum Gasteiger partial charge on any atom is 0.327 e. The quantitative estimate of drug-likeness (QED) is 0.606. The number of hydrogen-bond donors (Lipinski definition) is 2. The van der Waals surface area contributed by atoms with Gasteiger partial charge in [-0.05, 0) is 23.8 Å². The molecule has 1 amide bonds. The van der Waals surface area contributed by atoms with Gasteiger partial charge in [0.1, 0.15) is 10.4 Å². The van der Waals surface area contributed by atoms with Crippen LogP contribution in [0, 0.1) is 0 Å². The van der Waals surface area contributed by atoms with E-state index in [-0.39, 0.29) is 9.23 Å². The number of rotatable bonds is 5. The fourth-order valence-corrected chi connectivity index (χ4v) is 3.51. The van der Waals surface area contributed by atoms with Crippen LogP contribution in [0.25, 0.3) is 6.08 Å². The molecule has 0 bridgehead atoms. The van der Waals surface area contributed by atoms with Gasteiger partial charge >= 0.3 is 11.9 Å². The lowest BCUT2D eigenvalue weighted by Gasteiger charge is -2.21. The molecule has 120 valence electrons. The van der Waals surface area contributed by atoms with E-state index in [9.17, 15) is 14.4 Å². The van der Waals surface area contributed by atoms with Crippen molar-refractivity contribution in [1.82, 2.24) is 4.90 Å². The summed E-state index contributed by atoms with van der Waals surface area (Å²) in [6, 6.07) is 5.21. The van der Waals surface area contributed by atoms with Crippen LogP contribution in [-0.2, 0) is 14.4 Å². The van der Waals surface area contributed by atoms with Crippen LogP contribution in [0.2, 0.25) is 5.02 Å². The Kier molecular flexibility index (Phi) is 5.40. The third kappa shape index (κ3) is 4.10. The molecule has 1 atom stereocenters. The second-order valence-corrected chi connectivity index (χ2v) is 6.67. The van der Waals surface area contributed by atoms with E-state index in [1.807, 2.05) is 0 Å². The van der Waals surface area contributed by atoms with E-state index in [2.05, 4.69) is 0 Å². The lowest BCUT2D eigenvalue weighted by molar-refractivity contribution is -0.150. The van der Waals surface area contributed by atoms with Crippen molar-refractivity contribution in [3.63, 3.8) is 0 Å². The van der Waals surface area contributed by atoms with Crippen molar-refractivity contribution in [1.29, 1.82) is 0 Å². The number of halogens is 1. The molecule has 1 aliphatic heterocycles. The van der Waals surface area contributed by atoms with E-state index in [1.165, 1.54) is 6.08 Å². The molecule has 1 aromatic carbocycles. The summed E-state index contributed by atoms with van der Waals surface area (Å²) in [5.74, 6) is -3.38. The number of carboxylic acid groups (broad SMARTS) is 2. The van der Waals surface area contributed by atoms with Crippen LogP contribution in [0.3, 0.4) is 0 Å². The molecule has 0 saturated carbocycles. The maximum absolute atomic E-state index is 12.4. The van der Waals surface area contributed by atoms with E-state index >= 15 is 0 Å². The fourth-order valence-electron chi connectivity index (χ4n) is 1.95. The molecular formula is C14H10ClNO5S2. The molecule has 1 heterocycles. The second kappa shape index (κ2) is 7.12. The molecule has 1 aromatic rings. The predicted octanol–water partition coefficient (Wildman–Crippen LogP) is 2.47. The average Bonchev–Trinajstić information content (AvgIpc) is 2.71. The summed E-state index contributed by atoms with van der Waals surface area (Å²) in [6.45, 7) is 0. The van der Waals surface area contributed by atoms with Crippen LogP contribution < -0.4 is 0 Å². The first-order chi connectivity index (χ1) is 10.8. The van der Waals surface area contributed by atoms with Crippen molar-refractivity contribution in [2.24, 2.45) is 0 Å². The number of thioether (sulfide) groups is 1. The highest BCUT2D eigenvalue weighted by Crippen LogP contribution is 2.34. The largest absolute Gasteiger partial charge is 0.481 e. The molecule has 0 radical (unpaired) electrons. The van der Waals surface area contributed by atoms with Crippen molar-refractivity contribution in [2.75, 3.05) is 0 Å². The molecule has 23 heavy (non-hydrogen) atoms. The zero-order valence-corrected chi connectivity index (χ0v) is 13.8. The Balaban J connectivity index is 2.32. The highest BCUT2D eigenvalue weighted by molar-refractivity contribution is 8.26. The van der Waals surface area contributed by atoms with Gasteiger partial charge in [-0.1, -0.05) is 47.7 Å². The average molecular weight is 372 g/mol. The number of carboxylic acids is 2. The molecule has 1 unspecified atom stereocenters.